The van der Waals surface area contributed by atoms with Crippen LogP contribution in [0.3, 0.4) is 0 Å². The van der Waals surface area contributed by atoms with Crippen LogP contribution in [0.5, 0.6) is 0 Å². The number of nitrogens with zero attached hydrogens (tertiary/aromatic N) is 5. The van der Waals surface area contributed by atoms with Crippen molar-refractivity contribution in [1.82, 2.24) is 24.6 Å². The summed E-state index contributed by atoms with van der Waals surface area (Å²) in [6.45, 7) is 2.41. The summed E-state index contributed by atoms with van der Waals surface area (Å²) in [7, 11) is 0. The van der Waals surface area contributed by atoms with Crippen LogP contribution >= 0.6 is 0 Å². The Balaban J connectivity index is 1.28. The number of benzene rings is 2. The second-order valence-electron chi connectivity index (χ2n) is 11.9. The fourth-order valence-corrected chi connectivity index (χ4v) is 6.88. The number of nitrogens with one attached hydrogen (secondary N) is 1. The molecular weight excluding hydrogens is 560 g/mol. The first-order chi connectivity index (χ1) is 21.5. The van der Waals surface area contributed by atoms with Crippen LogP contribution in [-0.2, 0) is 27.1 Å². The van der Waals surface area contributed by atoms with Crippen LogP contribution in [0.25, 0.3) is 16.9 Å². The molecule has 1 atom stereocenters. The van der Waals surface area contributed by atoms with Crippen LogP contribution in [0.1, 0.15) is 73.9 Å². The number of aliphatic hydroxyl groups excluding tert-OH is 1. The molecule has 2 fully saturated rings. The summed E-state index contributed by atoms with van der Waals surface area (Å²) in [6, 6.07) is 16.1. The molecule has 7 rings (SSSR count). The zero-order valence-corrected chi connectivity index (χ0v) is 24.7. The minimum atomic E-state index is -0.696. The van der Waals surface area contributed by atoms with E-state index in [2.05, 4.69) is 45.7 Å². The Bertz CT molecular complexity index is 1790. The Kier molecular flexibility index (Phi) is 7.61. The number of rotatable bonds is 8. The highest BCUT2D eigenvalue weighted by atomic mass is 16.7. The molecule has 2 aromatic carbocycles. The van der Waals surface area contributed by atoms with Crippen LogP contribution in [0.4, 0.5) is 0 Å². The largest absolute Gasteiger partial charge is 0.394 e. The van der Waals surface area contributed by atoms with Crippen molar-refractivity contribution in [2.24, 2.45) is 5.10 Å². The second kappa shape index (κ2) is 11.7. The Morgan fingerprint density at radius 3 is 2.61 bits per heavy atom. The molecule has 4 heterocycles. The molecule has 1 unspecified atom stereocenters. The average Bonchev–Trinajstić information content (AvgIpc) is 3.81. The smallest absolute Gasteiger partial charge is 0.259 e. The summed E-state index contributed by atoms with van der Waals surface area (Å²) >= 11 is 0. The topological polar surface area (TPSA) is 132 Å². The van der Waals surface area contributed by atoms with Crippen LogP contribution in [0.2, 0.25) is 0 Å². The molecule has 44 heavy (non-hydrogen) atoms. The summed E-state index contributed by atoms with van der Waals surface area (Å²) < 4.78 is 15.7. The van der Waals surface area contributed by atoms with E-state index in [-0.39, 0.29) is 36.6 Å². The number of amides is 1. The Labute approximate surface area is 254 Å². The van der Waals surface area contributed by atoms with Crippen molar-refractivity contribution in [2.45, 2.75) is 76.2 Å². The molecule has 0 bridgehead atoms. The molecule has 11 nitrogen and oxygen atoms in total. The first-order valence-corrected chi connectivity index (χ1v) is 15.4. The van der Waals surface area contributed by atoms with Gasteiger partial charge in [0.1, 0.15) is 12.4 Å². The third-order valence-corrected chi connectivity index (χ3v) is 9.02. The Morgan fingerprint density at radius 2 is 1.91 bits per heavy atom. The lowest BCUT2D eigenvalue weighted by atomic mass is 9.89. The van der Waals surface area contributed by atoms with Gasteiger partial charge in [0, 0.05) is 36.4 Å². The van der Waals surface area contributed by atoms with E-state index in [1.165, 1.54) is 6.33 Å². The van der Waals surface area contributed by atoms with E-state index in [0.29, 0.717) is 62.2 Å². The average molecular weight is 597 g/mol. The Hall–Kier alpha value is -4.19. The fourth-order valence-electron chi connectivity index (χ4n) is 6.88. The molecule has 11 heteroatoms. The van der Waals surface area contributed by atoms with Crippen LogP contribution in [0, 0.1) is 0 Å². The minimum absolute atomic E-state index is 0.0554. The molecule has 1 saturated carbocycles. The minimum Gasteiger partial charge on any atom is -0.394 e. The number of hydrogen-bond donors (Lipinski definition) is 2. The first kappa shape index (κ1) is 28.6. The van der Waals surface area contributed by atoms with Gasteiger partial charge in [-0.3, -0.25) is 14.2 Å². The summed E-state index contributed by atoms with van der Waals surface area (Å²) in [6.07, 6.45) is 5.98. The molecule has 1 spiro atoms. The van der Waals surface area contributed by atoms with Gasteiger partial charge in [-0.1, -0.05) is 55.8 Å². The molecule has 0 radical (unpaired) electrons. The number of hydrazone groups is 1. The normalized spacial score (nSPS) is 23.4. The zero-order chi connectivity index (χ0) is 30.3. The fraction of sp³-hybridized carbons (Fsp3) is 0.424. The van der Waals surface area contributed by atoms with Crippen molar-refractivity contribution < 1.29 is 19.4 Å². The van der Waals surface area contributed by atoms with E-state index in [1.54, 1.807) is 0 Å². The molecule has 2 N–H and O–H groups in total. The predicted molar refractivity (Wildman–Crippen MR) is 163 cm³/mol. The molecule has 3 aliphatic rings. The molecule has 4 aromatic rings. The van der Waals surface area contributed by atoms with Crippen molar-refractivity contribution in [3.05, 3.63) is 87.6 Å². The van der Waals surface area contributed by atoms with Crippen molar-refractivity contribution in [1.29, 1.82) is 0 Å². The van der Waals surface area contributed by atoms with Gasteiger partial charge in [-0.15, -0.1) is 0 Å². The van der Waals surface area contributed by atoms with E-state index < -0.39 is 5.79 Å². The number of aliphatic hydroxyl groups is 1. The van der Waals surface area contributed by atoms with Crippen molar-refractivity contribution >= 4 is 17.4 Å². The summed E-state index contributed by atoms with van der Waals surface area (Å²) in [5, 5.41) is 18.4. The second-order valence-corrected chi connectivity index (χ2v) is 11.9. The maximum atomic E-state index is 14.5. The molecule has 1 amide bonds. The molecule has 1 aliphatic carbocycles. The molecule has 1 saturated heterocycles. The van der Waals surface area contributed by atoms with Crippen LogP contribution in [0.15, 0.2) is 64.8 Å². The molecular formula is C33H36N6O5. The van der Waals surface area contributed by atoms with E-state index in [1.807, 2.05) is 39.4 Å². The number of carbonyl (C=O) groups is 1. The van der Waals surface area contributed by atoms with Gasteiger partial charge in [-0.2, -0.15) is 15.2 Å². The summed E-state index contributed by atoms with van der Waals surface area (Å²) in [5.41, 5.74) is 8.62. The number of carbonyl (C=O) groups excluding carboxylic acids is 1. The summed E-state index contributed by atoms with van der Waals surface area (Å²) in [4.78, 5) is 31.1. The van der Waals surface area contributed by atoms with Gasteiger partial charge < -0.3 is 14.6 Å². The lowest BCUT2D eigenvalue weighted by molar-refractivity contribution is -0.194. The lowest BCUT2D eigenvalue weighted by Crippen LogP contribution is -2.40. The lowest BCUT2D eigenvalue weighted by Gasteiger charge is -2.36. The van der Waals surface area contributed by atoms with Gasteiger partial charge in [0.2, 0.25) is 11.7 Å². The van der Waals surface area contributed by atoms with Crippen molar-refractivity contribution in [2.75, 3.05) is 13.2 Å². The third kappa shape index (κ3) is 5.14. The number of aryl methyl sites for hydroxylation is 1. The van der Waals surface area contributed by atoms with Gasteiger partial charge in [-0.25, -0.2) is 9.94 Å². The van der Waals surface area contributed by atoms with Crippen molar-refractivity contribution in [3.8, 4) is 11.1 Å². The number of aromatic nitrogens is 4. The highest BCUT2D eigenvalue weighted by molar-refractivity contribution is 6.16. The molecule has 2 aromatic heterocycles. The standard InChI is InChI=1S/C33H36N6O5/c1-2-6-29-27(16-21-9-10-25(22-7-4-3-5-8-22)26(15-21)28-17-30(41)37-36-28)31(42)38(32-34-20-35-39(29)32)23-11-13-33(14-12-23)43-19-24(18-40)44-33/h3-5,7-10,15,20,23-24,40H,2,6,11-14,16-19H2,1H3,(H,37,41). The van der Waals surface area contributed by atoms with Gasteiger partial charge in [0.25, 0.3) is 5.56 Å². The third-order valence-electron chi connectivity index (χ3n) is 9.02. The number of fused-ring (bicyclic) bond motifs is 1. The van der Waals surface area contributed by atoms with E-state index in [0.717, 1.165) is 34.4 Å². The number of ether oxygens (including phenoxy) is 2. The van der Waals surface area contributed by atoms with Gasteiger partial charge in [0.05, 0.1) is 31.0 Å². The van der Waals surface area contributed by atoms with E-state index in [9.17, 15) is 14.7 Å². The zero-order valence-electron chi connectivity index (χ0n) is 24.7. The quantitative estimate of drug-likeness (QED) is 0.318. The van der Waals surface area contributed by atoms with Crippen molar-refractivity contribution in [3.63, 3.8) is 0 Å². The van der Waals surface area contributed by atoms with Gasteiger partial charge in [0.15, 0.2) is 5.79 Å². The first-order valence-electron chi connectivity index (χ1n) is 15.4. The van der Waals surface area contributed by atoms with Crippen LogP contribution < -0.4 is 11.0 Å². The van der Waals surface area contributed by atoms with Gasteiger partial charge >= 0.3 is 0 Å². The summed E-state index contributed by atoms with van der Waals surface area (Å²) in [5.74, 6) is -0.281. The highest BCUT2D eigenvalue weighted by Crippen LogP contribution is 2.42. The monoisotopic (exact) mass is 596 g/mol. The Morgan fingerprint density at radius 1 is 1.09 bits per heavy atom. The molecule has 2 aliphatic heterocycles. The van der Waals surface area contributed by atoms with E-state index >= 15 is 0 Å². The van der Waals surface area contributed by atoms with E-state index in [4.69, 9.17) is 9.47 Å². The molecule has 228 valence electrons. The highest BCUT2D eigenvalue weighted by Gasteiger charge is 2.45. The maximum Gasteiger partial charge on any atom is 0.259 e. The van der Waals surface area contributed by atoms with Crippen LogP contribution in [-0.4, -0.2) is 61.0 Å². The predicted octanol–water partition coefficient (Wildman–Crippen LogP) is 3.54. The SMILES string of the molecule is CCCc1c(Cc2ccc(-c3ccccc3)c(C3=NNC(=O)C3)c2)c(=O)n(C2CCC3(CC2)OCC(CO)O3)c2ncnn12. The van der Waals surface area contributed by atoms with Gasteiger partial charge in [-0.05, 0) is 42.0 Å². The maximum absolute atomic E-state index is 14.5. The number of hydrogen-bond acceptors (Lipinski definition) is 8.